The first-order valence-corrected chi connectivity index (χ1v) is 5.20. The molecule has 0 saturated heterocycles. The van der Waals surface area contributed by atoms with E-state index in [-0.39, 0.29) is 11.8 Å². The third-order valence-corrected chi connectivity index (χ3v) is 2.15. The van der Waals surface area contributed by atoms with Gasteiger partial charge in [-0.1, -0.05) is 20.3 Å². The van der Waals surface area contributed by atoms with Crippen molar-refractivity contribution >= 4 is 11.9 Å². The molecule has 0 aromatic rings. The normalized spacial score (nSPS) is 14.3. The van der Waals surface area contributed by atoms with Crippen LogP contribution in [0.25, 0.3) is 0 Å². The summed E-state index contributed by atoms with van der Waals surface area (Å²) in [6.07, 6.45) is 1.20. The van der Waals surface area contributed by atoms with E-state index in [0.717, 1.165) is 6.42 Å². The molecule has 1 amide bonds. The van der Waals surface area contributed by atoms with Crippen LogP contribution in [0.2, 0.25) is 0 Å². The summed E-state index contributed by atoms with van der Waals surface area (Å²) in [4.78, 5) is 22.3. The highest BCUT2D eigenvalue weighted by Crippen LogP contribution is 2.00. The molecule has 5 nitrogen and oxygen atoms in total. The van der Waals surface area contributed by atoms with Gasteiger partial charge in [0.2, 0.25) is 5.91 Å². The van der Waals surface area contributed by atoms with Gasteiger partial charge in [0.05, 0.1) is 0 Å². The highest BCUT2D eigenvalue weighted by atomic mass is 16.4. The van der Waals surface area contributed by atoms with E-state index in [2.05, 4.69) is 10.6 Å². The lowest BCUT2D eigenvalue weighted by Gasteiger charge is -2.16. The van der Waals surface area contributed by atoms with Crippen LogP contribution in [0.3, 0.4) is 0 Å². The van der Waals surface area contributed by atoms with Crippen molar-refractivity contribution in [3.63, 3.8) is 0 Å². The number of carboxylic acid groups (broad SMARTS) is 1. The highest BCUT2D eigenvalue weighted by molar-refractivity contribution is 5.84. The zero-order valence-electron chi connectivity index (χ0n) is 9.54. The predicted octanol–water partition coefficient (Wildman–Crippen LogP) is 0.211. The number of aliphatic carboxylic acids is 1. The summed E-state index contributed by atoms with van der Waals surface area (Å²) in [5.41, 5.74) is 0. The number of rotatable bonds is 7. The van der Waals surface area contributed by atoms with Gasteiger partial charge < -0.3 is 15.7 Å². The van der Waals surface area contributed by atoms with Crippen LogP contribution in [-0.4, -0.2) is 36.6 Å². The second-order valence-corrected chi connectivity index (χ2v) is 3.65. The second kappa shape index (κ2) is 7.23. The lowest BCUT2D eigenvalue weighted by molar-refractivity contribution is -0.142. The van der Waals surface area contributed by atoms with E-state index in [1.54, 1.807) is 14.0 Å². The third-order valence-electron chi connectivity index (χ3n) is 2.15. The van der Waals surface area contributed by atoms with Crippen molar-refractivity contribution in [2.75, 3.05) is 13.6 Å². The molecule has 0 spiro atoms. The largest absolute Gasteiger partial charge is 0.480 e. The van der Waals surface area contributed by atoms with E-state index in [1.807, 2.05) is 6.92 Å². The topological polar surface area (TPSA) is 78.4 Å². The molecule has 0 aromatic heterocycles. The summed E-state index contributed by atoms with van der Waals surface area (Å²) >= 11 is 0. The Hall–Kier alpha value is -1.10. The SMILES string of the molecule is CCC[C@@H](NC(=O)C(C)CNC)C(=O)O. The van der Waals surface area contributed by atoms with E-state index in [0.29, 0.717) is 13.0 Å². The smallest absolute Gasteiger partial charge is 0.326 e. The Morgan fingerprint density at radius 3 is 2.40 bits per heavy atom. The molecule has 0 heterocycles. The van der Waals surface area contributed by atoms with Crippen LogP contribution < -0.4 is 10.6 Å². The van der Waals surface area contributed by atoms with Gasteiger partial charge in [-0.15, -0.1) is 0 Å². The van der Waals surface area contributed by atoms with Gasteiger partial charge in [-0.3, -0.25) is 4.79 Å². The minimum Gasteiger partial charge on any atom is -0.480 e. The van der Waals surface area contributed by atoms with E-state index in [1.165, 1.54) is 0 Å². The van der Waals surface area contributed by atoms with Crippen molar-refractivity contribution in [1.82, 2.24) is 10.6 Å². The molecule has 0 rings (SSSR count). The van der Waals surface area contributed by atoms with Gasteiger partial charge >= 0.3 is 5.97 Å². The lowest BCUT2D eigenvalue weighted by atomic mass is 10.1. The monoisotopic (exact) mass is 216 g/mol. The predicted molar refractivity (Wildman–Crippen MR) is 57.6 cm³/mol. The van der Waals surface area contributed by atoms with Gasteiger partial charge in [0.15, 0.2) is 0 Å². The summed E-state index contributed by atoms with van der Waals surface area (Å²) in [5, 5.41) is 14.2. The molecule has 0 aliphatic carbocycles. The molecule has 0 bridgehead atoms. The number of nitrogens with one attached hydrogen (secondary N) is 2. The van der Waals surface area contributed by atoms with Crippen molar-refractivity contribution in [3.8, 4) is 0 Å². The quantitative estimate of drug-likeness (QED) is 0.568. The molecular weight excluding hydrogens is 196 g/mol. The number of carbonyl (C=O) groups is 2. The standard InChI is InChI=1S/C10H20N2O3/c1-4-5-8(10(14)15)12-9(13)7(2)6-11-3/h7-8,11H,4-6H2,1-3H3,(H,12,13)(H,14,15)/t7?,8-/m1/s1. The van der Waals surface area contributed by atoms with Crippen LogP contribution in [0.15, 0.2) is 0 Å². The van der Waals surface area contributed by atoms with E-state index >= 15 is 0 Å². The minimum absolute atomic E-state index is 0.214. The van der Waals surface area contributed by atoms with Crippen LogP contribution in [0.5, 0.6) is 0 Å². The summed E-state index contributed by atoms with van der Waals surface area (Å²) in [7, 11) is 1.75. The molecular formula is C10H20N2O3. The maximum absolute atomic E-state index is 11.5. The van der Waals surface area contributed by atoms with Crippen molar-refractivity contribution in [2.24, 2.45) is 5.92 Å². The summed E-state index contributed by atoms with van der Waals surface area (Å²) in [6.45, 7) is 4.19. The fourth-order valence-electron chi connectivity index (χ4n) is 1.26. The summed E-state index contributed by atoms with van der Waals surface area (Å²) < 4.78 is 0. The van der Waals surface area contributed by atoms with Crippen molar-refractivity contribution in [2.45, 2.75) is 32.7 Å². The van der Waals surface area contributed by atoms with Crippen molar-refractivity contribution < 1.29 is 14.7 Å². The minimum atomic E-state index is -0.971. The summed E-state index contributed by atoms with van der Waals surface area (Å²) in [6, 6.07) is -0.762. The lowest BCUT2D eigenvalue weighted by Crippen LogP contribution is -2.44. The van der Waals surface area contributed by atoms with Gasteiger partial charge in [-0.2, -0.15) is 0 Å². The first kappa shape index (κ1) is 13.9. The molecule has 0 aliphatic rings. The number of amides is 1. The molecule has 0 radical (unpaired) electrons. The maximum Gasteiger partial charge on any atom is 0.326 e. The van der Waals surface area contributed by atoms with Crippen LogP contribution in [0.1, 0.15) is 26.7 Å². The Labute approximate surface area is 90.2 Å². The zero-order valence-corrected chi connectivity index (χ0v) is 9.54. The maximum atomic E-state index is 11.5. The molecule has 0 aliphatic heterocycles. The van der Waals surface area contributed by atoms with Gasteiger partial charge in [-0.05, 0) is 13.5 Å². The molecule has 1 unspecified atom stereocenters. The Morgan fingerprint density at radius 2 is 2.00 bits per heavy atom. The van der Waals surface area contributed by atoms with E-state index in [4.69, 9.17) is 5.11 Å². The van der Waals surface area contributed by atoms with Crippen molar-refractivity contribution in [1.29, 1.82) is 0 Å². The Kier molecular flexibility index (Phi) is 6.70. The highest BCUT2D eigenvalue weighted by Gasteiger charge is 2.21. The Bertz CT molecular complexity index is 219. The van der Waals surface area contributed by atoms with Gasteiger partial charge in [0.25, 0.3) is 0 Å². The Morgan fingerprint density at radius 1 is 1.40 bits per heavy atom. The third kappa shape index (κ3) is 5.37. The molecule has 0 aromatic carbocycles. The first-order chi connectivity index (χ1) is 7.02. The van der Waals surface area contributed by atoms with Crippen molar-refractivity contribution in [3.05, 3.63) is 0 Å². The molecule has 5 heteroatoms. The second-order valence-electron chi connectivity index (χ2n) is 3.65. The van der Waals surface area contributed by atoms with Gasteiger partial charge in [-0.25, -0.2) is 4.79 Å². The molecule has 15 heavy (non-hydrogen) atoms. The van der Waals surface area contributed by atoms with Gasteiger partial charge in [0.1, 0.15) is 6.04 Å². The van der Waals surface area contributed by atoms with Gasteiger partial charge in [0, 0.05) is 12.5 Å². The van der Waals surface area contributed by atoms with E-state index in [9.17, 15) is 9.59 Å². The fourth-order valence-corrected chi connectivity index (χ4v) is 1.26. The molecule has 2 atom stereocenters. The van der Waals surface area contributed by atoms with Crippen LogP contribution in [-0.2, 0) is 9.59 Å². The molecule has 0 saturated carbocycles. The fraction of sp³-hybridized carbons (Fsp3) is 0.800. The number of carbonyl (C=O) groups excluding carboxylic acids is 1. The zero-order chi connectivity index (χ0) is 11.8. The summed E-state index contributed by atoms with van der Waals surface area (Å²) in [5.74, 6) is -1.40. The van der Waals surface area contributed by atoms with Crippen LogP contribution in [0, 0.1) is 5.92 Å². The average Bonchev–Trinajstić information content (AvgIpc) is 2.17. The molecule has 0 fully saturated rings. The van der Waals surface area contributed by atoms with Crippen LogP contribution in [0.4, 0.5) is 0 Å². The van der Waals surface area contributed by atoms with Crippen LogP contribution >= 0.6 is 0 Å². The Balaban J connectivity index is 4.15. The first-order valence-electron chi connectivity index (χ1n) is 5.20. The molecule has 88 valence electrons. The van der Waals surface area contributed by atoms with E-state index < -0.39 is 12.0 Å². The number of hydrogen-bond acceptors (Lipinski definition) is 3. The number of hydrogen-bond donors (Lipinski definition) is 3. The number of carboxylic acids is 1. The molecule has 3 N–H and O–H groups in total. The average molecular weight is 216 g/mol.